The fourth-order valence-electron chi connectivity index (χ4n) is 2.61. The van der Waals surface area contributed by atoms with Gasteiger partial charge in [-0.25, -0.2) is 0 Å². The van der Waals surface area contributed by atoms with Crippen LogP contribution in [0, 0.1) is 6.92 Å². The molecule has 1 aliphatic heterocycles. The highest BCUT2D eigenvalue weighted by molar-refractivity contribution is 5.83. The molecule has 0 aliphatic carbocycles. The molecule has 1 heterocycles. The van der Waals surface area contributed by atoms with Gasteiger partial charge in [-0.3, -0.25) is 4.79 Å². The zero-order valence-corrected chi connectivity index (χ0v) is 13.0. The number of nitrogens with one attached hydrogen (secondary N) is 1. The molecule has 6 heteroatoms. The second-order valence-corrected chi connectivity index (χ2v) is 5.84. The van der Waals surface area contributed by atoms with E-state index >= 15 is 0 Å². The largest absolute Gasteiger partial charge is 0.489 e. The van der Waals surface area contributed by atoms with Crippen LogP contribution in [0.25, 0.3) is 0 Å². The van der Waals surface area contributed by atoms with Crippen molar-refractivity contribution in [3.05, 3.63) is 64.7 Å². The standard InChI is InChI=1S/C18H16F3NO2/c1-11-7-14(18(19,20)21)5-6-16(11)24-10-12-3-2-4-13(8-12)15-9-17(23)22-15/h2-8,15H,9-10H2,1H3,(H,22,23). The van der Waals surface area contributed by atoms with Crippen molar-refractivity contribution in [2.24, 2.45) is 0 Å². The van der Waals surface area contributed by atoms with Gasteiger partial charge in [0, 0.05) is 0 Å². The molecule has 1 N–H and O–H groups in total. The van der Waals surface area contributed by atoms with E-state index in [9.17, 15) is 18.0 Å². The monoisotopic (exact) mass is 335 g/mol. The number of carbonyl (C=O) groups is 1. The highest BCUT2D eigenvalue weighted by Crippen LogP contribution is 2.32. The number of rotatable bonds is 4. The molecule has 3 nitrogen and oxygen atoms in total. The van der Waals surface area contributed by atoms with E-state index in [1.54, 1.807) is 6.92 Å². The summed E-state index contributed by atoms with van der Waals surface area (Å²) >= 11 is 0. The van der Waals surface area contributed by atoms with Crippen LogP contribution in [0.3, 0.4) is 0 Å². The molecular weight excluding hydrogens is 319 g/mol. The van der Waals surface area contributed by atoms with Gasteiger partial charge in [0.15, 0.2) is 0 Å². The van der Waals surface area contributed by atoms with Crippen LogP contribution in [0.1, 0.15) is 34.7 Å². The number of hydrogen-bond donors (Lipinski definition) is 1. The molecule has 0 bridgehead atoms. The Kier molecular flexibility index (Phi) is 4.22. The topological polar surface area (TPSA) is 38.3 Å². The van der Waals surface area contributed by atoms with Crippen molar-refractivity contribution in [3.8, 4) is 5.75 Å². The number of ether oxygens (including phenoxy) is 1. The summed E-state index contributed by atoms with van der Waals surface area (Å²) in [5.41, 5.74) is 1.65. The molecule has 24 heavy (non-hydrogen) atoms. The molecule has 3 rings (SSSR count). The van der Waals surface area contributed by atoms with Gasteiger partial charge in [0.2, 0.25) is 5.91 Å². The highest BCUT2D eigenvalue weighted by Gasteiger charge is 2.30. The van der Waals surface area contributed by atoms with Crippen LogP contribution in [0.4, 0.5) is 13.2 Å². The first kappa shape index (κ1) is 16.4. The minimum Gasteiger partial charge on any atom is -0.489 e. The summed E-state index contributed by atoms with van der Waals surface area (Å²) in [7, 11) is 0. The number of hydrogen-bond acceptors (Lipinski definition) is 2. The lowest BCUT2D eigenvalue weighted by Crippen LogP contribution is -2.41. The van der Waals surface area contributed by atoms with Gasteiger partial charge in [-0.05, 0) is 41.8 Å². The summed E-state index contributed by atoms with van der Waals surface area (Å²) in [6.45, 7) is 1.84. The van der Waals surface area contributed by atoms with Crippen LogP contribution < -0.4 is 10.1 Å². The van der Waals surface area contributed by atoms with Crippen molar-refractivity contribution < 1.29 is 22.7 Å². The maximum absolute atomic E-state index is 12.7. The van der Waals surface area contributed by atoms with E-state index in [-0.39, 0.29) is 18.6 Å². The van der Waals surface area contributed by atoms with Gasteiger partial charge < -0.3 is 10.1 Å². The number of amides is 1. The Morgan fingerprint density at radius 2 is 1.96 bits per heavy atom. The number of alkyl halides is 3. The van der Waals surface area contributed by atoms with Crippen LogP contribution in [-0.4, -0.2) is 5.91 Å². The van der Waals surface area contributed by atoms with Crippen molar-refractivity contribution >= 4 is 5.91 Å². The summed E-state index contributed by atoms with van der Waals surface area (Å²) in [5, 5.41) is 2.80. The van der Waals surface area contributed by atoms with Crippen LogP contribution in [-0.2, 0) is 17.6 Å². The predicted molar refractivity (Wildman–Crippen MR) is 82.5 cm³/mol. The molecule has 1 amide bonds. The minimum atomic E-state index is -4.36. The van der Waals surface area contributed by atoms with Gasteiger partial charge in [0.25, 0.3) is 0 Å². The third-order valence-corrected chi connectivity index (χ3v) is 3.97. The molecule has 0 spiro atoms. The first-order valence-electron chi connectivity index (χ1n) is 7.52. The van der Waals surface area contributed by atoms with E-state index in [1.807, 2.05) is 24.3 Å². The summed E-state index contributed by atoms with van der Waals surface area (Å²) in [4.78, 5) is 11.0. The molecule has 1 aliphatic rings. The number of carbonyl (C=O) groups excluding carboxylic acids is 1. The van der Waals surface area contributed by atoms with Crippen molar-refractivity contribution in [2.75, 3.05) is 0 Å². The van der Waals surface area contributed by atoms with Gasteiger partial charge in [-0.2, -0.15) is 13.2 Å². The lowest BCUT2D eigenvalue weighted by molar-refractivity contribution is -0.137. The van der Waals surface area contributed by atoms with E-state index in [0.717, 1.165) is 23.3 Å². The number of β-lactam (4-membered cyclic amide) rings is 1. The van der Waals surface area contributed by atoms with Crippen molar-refractivity contribution in [1.82, 2.24) is 5.32 Å². The third kappa shape index (κ3) is 3.53. The molecule has 126 valence electrons. The fraction of sp³-hybridized carbons (Fsp3) is 0.278. The third-order valence-electron chi connectivity index (χ3n) is 3.97. The molecule has 1 atom stereocenters. The van der Waals surface area contributed by atoms with Crippen molar-refractivity contribution in [1.29, 1.82) is 0 Å². The van der Waals surface area contributed by atoms with Gasteiger partial charge in [-0.15, -0.1) is 0 Å². The number of benzene rings is 2. The van der Waals surface area contributed by atoms with Crippen LogP contribution in [0.5, 0.6) is 5.75 Å². The van der Waals surface area contributed by atoms with E-state index in [1.165, 1.54) is 6.07 Å². The molecule has 0 radical (unpaired) electrons. The van der Waals surface area contributed by atoms with Crippen LogP contribution in [0.2, 0.25) is 0 Å². The van der Waals surface area contributed by atoms with Gasteiger partial charge in [-0.1, -0.05) is 24.3 Å². The lowest BCUT2D eigenvalue weighted by atomic mass is 9.96. The molecule has 1 unspecified atom stereocenters. The second-order valence-electron chi connectivity index (χ2n) is 5.84. The molecule has 1 saturated heterocycles. The summed E-state index contributed by atoms with van der Waals surface area (Å²) in [6, 6.07) is 11.1. The Hall–Kier alpha value is -2.50. The van der Waals surface area contributed by atoms with Gasteiger partial charge in [0.1, 0.15) is 12.4 Å². The Morgan fingerprint density at radius 1 is 1.21 bits per heavy atom. The van der Waals surface area contributed by atoms with Crippen molar-refractivity contribution in [2.45, 2.75) is 32.2 Å². The molecular formula is C18H16F3NO2. The quantitative estimate of drug-likeness (QED) is 0.852. The van der Waals surface area contributed by atoms with Crippen LogP contribution in [0.15, 0.2) is 42.5 Å². The predicted octanol–water partition coefficient (Wildman–Crippen LogP) is 4.15. The second kappa shape index (κ2) is 6.19. The Balaban J connectivity index is 1.68. The molecule has 2 aromatic rings. The highest BCUT2D eigenvalue weighted by atomic mass is 19.4. The number of halogens is 3. The van der Waals surface area contributed by atoms with E-state index in [4.69, 9.17) is 4.74 Å². The SMILES string of the molecule is Cc1cc(C(F)(F)F)ccc1OCc1cccc(C2CC(=O)N2)c1. The van der Waals surface area contributed by atoms with Gasteiger partial charge in [0.05, 0.1) is 18.0 Å². The normalized spacial score (nSPS) is 17.2. The van der Waals surface area contributed by atoms with E-state index in [2.05, 4.69) is 5.32 Å². The Bertz CT molecular complexity index is 763. The molecule has 0 aromatic heterocycles. The average Bonchev–Trinajstić information content (AvgIpc) is 2.50. The molecule has 2 aromatic carbocycles. The smallest absolute Gasteiger partial charge is 0.416 e. The van der Waals surface area contributed by atoms with Gasteiger partial charge >= 0.3 is 6.18 Å². The Morgan fingerprint density at radius 3 is 2.58 bits per heavy atom. The average molecular weight is 335 g/mol. The molecule has 1 fully saturated rings. The summed E-state index contributed by atoms with van der Waals surface area (Å²) < 4.78 is 43.6. The summed E-state index contributed by atoms with van der Waals surface area (Å²) in [6.07, 6.45) is -3.88. The first-order valence-corrected chi connectivity index (χ1v) is 7.52. The maximum atomic E-state index is 12.7. The van der Waals surface area contributed by atoms with Crippen LogP contribution >= 0.6 is 0 Å². The lowest BCUT2D eigenvalue weighted by Gasteiger charge is -2.27. The zero-order chi connectivity index (χ0) is 17.3. The zero-order valence-electron chi connectivity index (χ0n) is 13.0. The fourth-order valence-corrected chi connectivity index (χ4v) is 2.61. The number of aryl methyl sites for hydroxylation is 1. The maximum Gasteiger partial charge on any atom is 0.416 e. The van der Waals surface area contributed by atoms with Crippen molar-refractivity contribution in [3.63, 3.8) is 0 Å². The van der Waals surface area contributed by atoms with E-state index in [0.29, 0.717) is 17.7 Å². The first-order chi connectivity index (χ1) is 11.3. The molecule has 0 saturated carbocycles. The van der Waals surface area contributed by atoms with E-state index < -0.39 is 11.7 Å². The Labute approximate surface area is 137 Å². The summed E-state index contributed by atoms with van der Waals surface area (Å²) in [5.74, 6) is 0.451. The minimum absolute atomic E-state index is 0.0297.